The van der Waals surface area contributed by atoms with E-state index < -0.39 is 0 Å². The van der Waals surface area contributed by atoms with E-state index in [0.29, 0.717) is 18.2 Å². The Morgan fingerprint density at radius 3 is 2.76 bits per heavy atom. The molecule has 3 atom stereocenters. The molecule has 1 saturated heterocycles. The van der Waals surface area contributed by atoms with Crippen LogP contribution in [0.3, 0.4) is 0 Å². The van der Waals surface area contributed by atoms with Gasteiger partial charge in [-0.3, -0.25) is 4.90 Å². The zero-order valence-electron chi connectivity index (χ0n) is 14.1. The Balaban J connectivity index is 1.81. The van der Waals surface area contributed by atoms with Crippen molar-refractivity contribution < 1.29 is 9.84 Å². The highest BCUT2D eigenvalue weighted by molar-refractivity contribution is 4.95. The third-order valence-corrected chi connectivity index (χ3v) is 4.82. The fourth-order valence-electron chi connectivity index (χ4n) is 3.46. The van der Waals surface area contributed by atoms with Gasteiger partial charge in [-0.05, 0) is 58.9 Å². The van der Waals surface area contributed by atoms with Gasteiger partial charge in [0.25, 0.3) is 0 Å². The van der Waals surface area contributed by atoms with Crippen LogP contribution in [0.1, 0.15) is 59.3 Å². The SMILES string of the molecule is CCCOC1CCCN(C(C)CC(C)(CO)NC2CC2)C1. The number of nitrogens with zero attached hydrogens (tertiary/aromatic N) is 1. The van der Waals surface area contributed by atoms with Crippen molar-refractivity contribution in [3.05, 3.63) is 0 Å². The average molecular weight is 298 g/mol. The molecule has 124 valence electrons. The number of likely N-dealkylation sites (tertiary alicyclic amines) is 1. The lowest BCUT2D eigenvalue weighted by Gasteiger charge is -2.40. The molecule has 0 spiro atoms. The molecule has 21 heavy (non-hydrogen) atoms. The van der Waals surface area contributed by atoms with Gasteiger partial charge >= 0.3 is 0 Å². The van der Waals surface area contributed by atoms with Crippen LogP contribution in [-0.2, 0) is 4.74 Å². The summed E-state index contributed by atoms with van der Waals surface area (Å²) in [7, 11) is 0. The largest absolute Gasteiger partial charge is 0.394 e. The van der Waals surface area contributed by atoms with Gasteiger partial charge in [0, 0.05) is 30.8 Å². The monoisotopic (exact) mass is 298 g/mol. The second kappa shape index (κ2) is 7.91. The van der Waals surface area contributed by atoms with Crippen LogP contribution in [0.15, 0.2) is 0 Å². The molecule has 0 aromatic rings. The van der Waals surface area contributed by atoms with Gasteiger partial charge in [0.15, 0.2) is 0 Å². The average Bonchev–Trinajstić information content (AvgIpc) is 3.29. The van der Waals surface area contributed by atoms with Gasteiger partial charge in [-0.15, -0.1) is 0 Å². The first-order valence-corrected chi connectivity index (χ1v) is 8.80. The van der Waals surface area contributed by atoms with Gasteiger partial charge in [0.2, 0.25) is 0 Å². The van der Waals surface area contributed by atoms with Crippen LogP contribution in [-0.4, -0.2) is 60.0 Å². The number of hydrogen-bond donors (Lipinski definition) is 2. The van der Waals surface area contributed by atoms with Crippen LogP contribution in [0.5, 0.6) is 0 Å². The van der Waals surface area contributed by atoms with Crippen LogP contribution in [0.2, 0.25) is 0 Å². The van der Waals surface area contributed by atoms with Gasteiger partial charge < -0.3 is 15.2 Å². The molecule has 1 aliphatic carbocycles. The van der Waals surface area contributed by atoms with Crippen LogP contribution >= 0.6 is 0 Å². The first-order valence-electron chi connectivity index (χ1n) is 8.80. The maximum Gasteiger partial charge on any atom is 0.0702 e. The number of hydrogen-bond acceptors (Lipinski definition) is 4. The summed E-state index contributed by atoms with van der Waals surface area (Å²) in [5.74, 6) is 0. The van der Waals surface area contributed by atoms with Crippen molar-refractivity contribution in [1.82, 2.24) is 10.2 Å². The smallest absolute Gasteiger partial charge is 0.0702 e. The molecular formula is C17H34N2O2. The lowest BCUT2D eigenvalue weighted by molar-refractivity contribution is -0.0161. The number of nitrogens with one attached hydrogen (secondary N) is 1. The van der Waals surface area contributed by atoms with Crippen molar-refractivity contribution >= 4 is 0 Å². The summed E-state index contributed by atoms with van der Waals surface area (Å²) >= 11 is 0. The molecular weight excluding hydrogens is 264 g/mol. The van der Waals surface area contributed by atoms with Crippen LogP contribution in [0.4, 0.5) is 0 Å². The zero-order chi connectivity index (χ0) is 15.3. The molecule has 0 amide bonds. The maximum absolute atomic E-state index is 9.77. The molecule has 1 heterocycles. The summed E-state index contributed by atoms with van der Waals surface area (Å²) in [4.78, 5) is 2.55. The summed E-state index contributed by atoms with van der Waals surface area (Å²) in [6, 6.07) is 1.12. The van der Waals surface area contributed by atoms with Crippen molar-refractivity contribution in [3.8, 4) is 0 Å². The van der Waals surface area contributed by atoms with Gasteiger partial charge in [0.05, 0.1) is 12.7 Å². The zero-order valence-corrected chi connectivity index (χ0v) is 14.1. The molecule has 2 N–H and O–H groups in total. The predicted octanol–water partition coefficient (Wildman–Crippen LogP) is 2.16. The van der Waals surface area contributed by atoms with Gasteiger partial charge in [-0.2, -0.15) is 0 Å². The third-order valence-electron chi connectivity index (χ3n) is 4.82. The minimum atomic E-state index is -0.141. The number of piperidine rings is 1. The Hall–Kier alpha value is -0.160. The summed E-state index contributed by atoms with van der Waals surface area (Å²) in [5, 5.41) is 13.4. The van der Waals surface area contributed by atoms with Gasteiger partial charge in [-0.25, -0.2) is 0 Å². The Morgan fingerprint density at radius 1 is 1.38 bits per heavy atom. The topological polar surface area (TPSA) is 44.7 Å². The highest BCUT2D eigenvalue weighted by Gasteiger charge is 2.35. The summed E-state index contributed by atoms with van der Waals surface area (Å²) in [6.07, 6.45) is 7.45. The first kappa shape index (κ1) is 17.2. The highest BCUT2D eigenvalue weighted by Crippen LogP contribution is 2.26. The molecule has 2 aliphatic rings. The van der Waals surface area contributed by atoms with E-state index in [9.17, 15) is 5.11 Å². The van der Waals surface area contributed by atoms with Gasteiger partial charge in [0.1, 0.15) is 0 Å². The van der Waals surface area contributed by atoms with E-state index in [0.717, 1.165) is 32.5 Å². The standard InChI is InChI=1S/C17H34N2O2/c1-4-10-21-16-6-5-9-19(12-16)14(2)11-17(3,13-20)18-15-7-8-15/h14-16,18,20H,4-13H2,1-3H3. The Labute approximate surface area is 130 Å². The fraction of sp³-hybridized carbons (Fsp3) is 1.00. The fourth-order valence-corrected chi connectivity index (χ4v) is 3.46. The van der Waals surface area contributed by atoms with Crippen molar-refractivity contribution in [2.75, 3.05) is 26.3 Å². The quantitative estimate of drug-likeness (QED) is 0.685. The Bertz CT molecular complexity index is 309. The van der Waals surface area contributed by atoms with E-state index in [4.69, 9.17) is 4.74 Å². The molecule has 4 heteroatoms. The van der Waals surface area contributed by atoms with E-state index in [1.54, 1.807) is 0 Å². The highest BCUT2D eigenvalue weighted by atomic mass is 16.5. The van der Waals surface area contributed by atoms with E-state index in [1.165, 1.54) is 25.7 Å². The lowest BCUT2D eigenvalue weighted by atomic mass is 9.92. The maximum atomic E-state index is 9.77. The number of rotatable bonds is 9. The molecule has 2 rings (SSSR count). The molecule has 1 aliphatic heterocycles. The number of aliphatic hydroxyl groups is 1. The molecule has 0 aromatic carbocycles. The summed E-state index contributed by atoms with van der Waals surface area (Å²) in [6.45, 7) is 9.94. The normalized spacial score (nSPS) is 28.3. The summed E-state index contributed by atoms with van der Waals surface area (Å²) < 4.78 is 5.94. The number of ether oxygens (including phenoxy) is 1. The van der Waals surface area contributed by atoms with Gasteiger partial charge in [-0.1, -0.05) is 6.92 Å². The molecule has 0 bridgehead atoms. The first-order chi connectivity index (χ1) is 10.1. The minimum Gasteiger partial charge on any atom is -0.394 e. The van der Waals surface area contributed by atoms with Crippen LogP contribution < -0.4 is 5.32 Å². The molecule has 2 fully saturated rings. The molecule has 4 nitrogen and oxygen atoms in total. The Morgan fingerprint density at radius 2 is 2.14 bits per heavy atom. The lowest BCUT2D eigenvalue weighted by Crippen LogP contribution is -2.53. The van der Waals surface area contributed by atoms with E-state index >= 15 is 0 Å². The van der Waals surface area contributed by atoms with Crippen LogP contribution in [0.25, 0.3) is 0 Å². The number of aliphatic hydroxyl groups excluding tert-OH is 1. The Kier molecular flexibility index (Phi) is 6.48. The van der Waals surface area contributed by atoms with Crippen molar-refractivity contribution in [2.24, 2.45) is 0 Å². The third kappa shape index (κ3) is 5.51. The van der Waals surface area contributed by atoms with E-state index in [1.807, 2.05) is 0 Å². The molecule has 3 unspecified atom stereocenters. The molecule has 0 aromatic heterocycles. The van der Waals surface area contributed by atoms with E-state index in [2.05, 4.69) is 31.0 Å². The van der Waals surface area contributed by atoms with Crippen molar-refractivity contribution in [2.45, 2.75) is 83.0 Å². The minimum absolute atomic E-state index is 0.141. The van der Waals surface area contributed by atoms with Crippen LogP contribution in [0, 0.1) is 0 Å². The molecule has 0 radical (unpaired) electrons. The summed E-state index contributed by atoms with van der Waals surface area (Å²) in [5.41, 5.74) is -0.141. The second-order valence-corrected chi connectivity index (χ2v) is 7.32. The van der Waals surface area contributed by atoms with Crippen molar-refractivity contribution in [1.29, 1.82) is 0 Å². The van der Waals surface area contributed by atoms with Crippen molar-refractivity contribution in [3.63, 3.8) is 0 Å². The second-order valence-electron chi connectivity index (χ2n) is 7.32. The van der Waals surface area contributed by atoms with E-state index in [-0.39, 0.29) is 12.1 Å². The predicted molar refractivity (Wildman–Crippen MR) is 86.6 cm³/mol. The molecule has 1 saturated carbocycles.